The van der Waals surface area contributed by atoms with Crippen LogP contribution >= 0.6 is 0 Å². The molecule has 0 aliphatic carbocycles. The van der Waals surface area contributed by atoms with Crippen molar-refractivity contribution in [1.82, 2.24) is 10.2 Å². The summed E-state index contributed by atoms with van der Waals surface area (Å²) in [4.78, 5) is 28.1. The van der Waals surface area contributed by atoms with Crippen molar-refractivity contribution >= 4 is 17.5 Å². The van der Waals surface area contributed by atoms with Crippen LogP contribution in [0.25, 0.3) is 0 Å². The van der Waals surface area contributed by atoms with Gasteiger partial charge in [-0.05, 0) is 18.2 Å². The molecule has 1 aliphatic heterocycles. The highest BCUT2D eigenvalue weighted by atomic mass is 16.3. The molecule has 2 aromatic carbocycles. The number of nitrogens with zero attached hydrogens (tertiary/aromatic N) is 2. The lowest BCUT2D eigenvalue weighted by atomic mass is 10.0. The molecule has 1 atom stereocenters. The smallest absolute Gasteiger partial charge is 0.257 e. The number of phenols is 1. The third-order valence-corrected chi connectivity index (χ3v) is 4.23. The Balaban J connectivity index is 2.16. The third kappa shape index (κ3) is 2.56. The number of nitrogens with one attached hydrogen (secondary N) is 1. The van der Waals surface area contributed by atoms with E-state index in [0.717, 1.165) is 0 Å². The molecular formula is C18H19N3O3. The van der Waals surface area contributed by atoms with Crippen LogP contribution in [0.1, 0.15) is 22.1 Å². The highest BCUT2D eigenvalue weighted by Gasteiger charge is 2.38. The van der Waals surface area contributed by atoms with Crippen LogP contribution in [0.5, 0.6) is 5.75 Å². The standard InChI is InChI=1S/C18H19N3O3/c1-19-16(23)11-21-14-9-5-3-7-12(14)18(24)20(2)17(21)13-8-4-6-10-15(13)22/h3-10,17,22H,11H2,1-2H3,(H,19,23)/t17-/m0/s1. The van der Waals surface area contributed by atoms with Crippen LogP contribution in [-0.4, -0.2) is 42.5 Å². The molecule has 0 saturated carbocycles. The average molecular weight is 325 g/mol. The van der Waals surface area contributed by atoms with Crippen LogP contribution < -0.4 is 10.2 Å². The van der Waals surface area contributed by atoms with Gasteiger partial charge >= 0.3 is 0 Å². The second kappa shape index (κ2) is 6.23. The molecule has 6 heteroatoms. The predicted molar refractivity (Wildman–Crippen MR) is 90.8 cm³/mol. The zero-order valence-electron chi connectivity index (χ0n) is 13.6. The van der Waals surface area contributed by atoms with E-state index in [4.69, 9.17) is 0 Å². The number of phenolic OH excluding ortho intramolecular Hbond substituents is 1. The Hall–Kier alpha value is -3.02. The molecule has 1 aliphatic rings. The van der Waals surface area contributed by atoms with E-state index in [1.54, 1.807) is 55.4 Å². The molecule has 0 unspecified atom stereocenters. The van der Waals surface area contributed by atoms with Gasteiger partial charge in [0.1, 0.15) is 11.9 Å². The maximum Gasteiger partial charge on any atom is 0.257 e. The minimum atomic E-state index is -0.564. The van der Waals surface area contributed by atoms with E-state index in [2.05, 4.69) is 5.32 Å². The fraction of sp³-hybridized carbons (Fsp3) is 0.222. The van der Waals surface area contributed by atoms with E-state index in [1.807, 2.05) is 17.0 Å². The maximum absolute atomic E-state index is 12.7. The van der Waals surface area contributed by atoms with Crippen molar-refractivity contribution in [3.63, 3.8) is 0 Å². The van der Waals surface area contributed by atoms with Crippen LogP contribution in [0.3, 0.4) is 0 Å². The maximum atomic E-state index is 12.7. The van der Waals surface area contributed by atoms with Gasteiger partial charge in [0.2, 0.25) is 5.91 Å². The summed E-state index contributed by atoms with van der Waals surface area (Å²) in [6.07, 6.45) is -0.564. The van der Waals surface area contributed by atoms with E-state index in [0.29, 0.717) is 16.8 Å². The number of rotatable bonds is 3. The van der Waals surface area contributed by atoms with Crippen LogP contribution in [0.15, 0.2) is 48.5 Å². The Morgan fingerprint density at radius 1 is 1.17 bits per heavy atom. The fourth-order valence-corrected chi connectivity index (χ4v) is 3.03. The molecule has 0 saturated heterocycles. The van der Waals surface area contributed by atoms with Gasteiger partial charge in [-0.25, -0.2) is 0 Å². The molecule has 0 radical (unpaired) electrons. The van der Waals surface area contributed by atoms with Crippen molar-refractivity contribution in [3.8, 4) is 5.75 Å². The van der Waals surface area contributed by atoms with Crippen molar-refractivity contribution in [2.75, 3.05) is 25.5 Å². The largest absolute Gasteiger partial charge is 0.508 e. The van der Waals surface area contributed by atoms with E-state index in [-0.39, 0.29) is 24.1 Å². The molecule has 124 valence electrons. The van der Waals surface area contributed by atoms with E-state index in [9.17, 15) is 14.7 Å². The fourth-order valence-electron chi connectivity index (χ4n) is 3.03. The van der Waals surface area contributed by atoms with Crippen LogP contribution in [0.4, 0.5) is 5.69 Å². The molecule has 2 N–H and O–H groups in total. The van der Waals surface area contributed by atoms with Crippen LogP contribution in [0.2, 0.25) is 0 Å². The molecule has 0 fully saturated rings. The van der Waals surface area contributed by atoms with E-state index >= 15 is 0 Å². The normalized spacial score (nSPS) is 16.8. The second-order valence-corrected chi connectivity index (χ2v) is 5.67. The Bertz CT molecular complexity index is 791. The molecule has 0 aromatic heterocycles. The summed E-state index contributed by atoms with van der Waals surface area (Å²) < 4.78 is 0. The van der Waals surface area contributed by atoms with Crippen LogP contribution in [-0.2, 0) is 4.79 Å². The number of hydrogen-bond acceptors (Lipinski definition) is 4. The van der Waals surface area contributed by atoms with Gasteiger partial charge in [-0.15, -0.1) is 0 Å². The van der Waals surface area contributed by atoms with E-state index < -0.39 is 6.17 Å². The summed E-state index contributed by atoms with van der Waals surface area (Å²) in [5.74, 6) is -0.233. The highest BCUT2D eigenvalue weighted by molar-refractivity contribution is 6.02. The lowest BCUT2D eigenvalue weighted by Crippen LogP contribution is -2.50. The quantitative estimate of drug-likeness (QED) is 0.901. The summed E-state index contributed by atoms with van der Waals surface area (Å²) in [6.45, 7) is 0.0735. The third-order valence-electron chi connectivity index (χ3n) is 4.23. The van der Waals surface area contributed by atoms with Gasteiger partial charge in [-0.3, -0.25) is 9.59 Å². The van der Waals surface area contributed by atoms with Gasteiger partial charge in [-0.1, -0.05) is 30.3 Å². The first-order chi connectivity index (χ1) is 11.5. The number of carbonyl (C=O) groups is 2. The molecule has 0 bridgehead atoms. The monoisotopic (exact) mass is 325 g/mol. The molecule has 3 rings (SSSR count). The van der Waals surface area contributed by atoms with Gasteiger partial charge in [-0.2, -0.15) is 0 Å². The Kier molecular flexibility index (Phi) is 4.12. The lowest BCUT2D eigenvalue weighted by molar-refractivity contribution is -0.119. The molecule has 6 nitrogen and oxygen atoms in total. The molecule has 2 amide bonds. The number of benzene rings is 2. The minimum absolute atomic E-state index is 0.0735. The number of hydrogen-bond donors (Lipinski definition) is 2. The summed E-state index contributed by atoms with van der Waals surface area (Å²) >= 11 is 0. The molecule has 2 aromatic rings. The predicted octanol–water partition coefficient (Wildman–Crippen LogP) is 1.73. The summed E-state index contributed by atoms with van der Waals surface area (Å²) in [7, 11) is 3.24. The number of anilines is 1. The number of likely N-dealkylation sites (N-methyl/N-ethyl adjacent to an activating group) is 1. The lowest BCUT2D eigenvalue weighted by Gasteiger charge is -2.44. The topological polar surface area (TPSA) is 72.9 Å². The number of amides is 2. The molecule has 24 heavy (non-hydrogen) atoms. The van der Waals surface area contributed by atoms with Crippen molar-refractivity contribution in [3.05, 3.63) is 59.7 Å². The summed E-state index contributed by atoms with van der Waals surface area (Å²) in [5, 5.41) is 12.9. The van der Waals surface area contributed by atoms with Crippen molar-refractivity contribution in [1.29, 1.82) is 0 Å². The van der Waals surface area contributed by atoms with Gasteiger partial charge in [0, 0.05) is 19.7 Å². The summed E-state index contributed by atoms with van der Waals surface area (Å²) in [6, 6.07) is 14.0. The Morgan fingerprint density at radius 3 is 2.54 bits per heavy atom. The zero-order valence-corrected chi connectivity index (χ0v) is 13.6. The van der Waals surface area contributed by atoms with Crippen molar-refractivity contribution in [2.45, 2.75) is 6.17 Å². The first-order valence-corrected chi connectivity index (χ1v) is 7.66. The highest BCUT2D eigenvalue weighted by Crippen LogP contribution is 2.40. The Morgan fingerprint density at radius 2 is 1.83 bits per heavy atom. The number of para-hydroxylation sites is 2. The summed E-state index contributed by atoms with van der Waals surface area (Å²) in [5.41, 5.74) is 1.79. The molecule has 1 heterocycles. The second-order valence-electron chi connectivity index (χ2n) is 5.67. The number of carbonyl (C=O) groups excluding carboxylic acids is 2. The zero-order chi connectivity index (χ0) is 17.3. The van der Waals surface area contributed by atoms with Crippen LogP contribution in [0, 0.1) is 0 Å². The number of fused-ring (bicyclic) bond motifs is 1. The van der Waals surface area contributed by atoms with Gasteiger partial charge in [0.25, 0.3) is 5.91 Å². The average Bonchev–Trinajstić information content (AvgIpc) is 2.60. The van der Waals surface area contributed by atoms with Gasteiger partial charge < -0.3 is 20.2 Å². The van der Waals surface area contributed by atoms with Gasteiger partial charge in [0.15, 0.2) is 0 Å². The molecular weight excluding hydrogens is 306 g/mol. The van der Waals surface area contributed by atoms with E-state index in [1.165, 1.54) is 0 Å². The first kappa shape index (κ1) is 15.9. The molecule has 0 spiro atoms. The number of aromatic hydroxyl groups is 1. The van der Waals surface area contributed by atoms with Gasteiger partial charge in [0.05, 0.1) is 17.8 Å². The minimum Gasteiger partial charge on any atom is -0.508 e. The Labute approximate surface area is 140 Å². The van der Waals surface area contributed by atoms with Crippen molar-refractivity contribution in [2.24, 2.45) is 0 Å². The SMILES string of the molecule is CNC(=O)CN1c2ccccc2C(=O)N(C)[C@@H]1c1ccccc1O. The first-order valence-electron chi connectivity index (χ1n) is 7.66. The van der Waals surface area contributed by atoms with Crippen molar-refractivity contribution < 1.29 is 14.7 Å².